The number of hydrogen-bond donors (Lipinski definition) is 0. The van der Waals surface area contributed by atoms with Crippen molar-refractivity contribution in [2.45, 2.75) is 21.7 Å². The third kappa shape index (κ3) is 3.27. The van der Waals surface area contributed by atoms with Crippen molar-refractivity contribution in [1.29, 1.82) is 0 Å². The van der Waals surface area contributed by atoms with Crippen LogP contribution in [0.5, 0.6) is 0 Å². The highest BCUT2D eigenvalue weighted by atomic mass is 32.2. The van der Waals surface area contributed by atoms with Crippen LogP contribution in [0.2, 0.25) is 0 Å². The molecule has 0 aliphatic heterocycles. The highest BCUT2D eigenvalue weighted by Crippen LogP contribution is 2.37. The summed E-state index contributed by atoms with van der Waals surface area (Å²) >= 11 is 1.16. The third-order valence-electron chi connectivity index (χ3n) is 3.48. The first-order chi connectivity index (χ1) is 11.3. The highest BCUT2D eigenvalue weighted by molar-refractivity contribution is 7.99. The molecule has 3 aromatic rings. The normalized spacial score (nSPS) is 11.8. The van der Waals surface area contributed by atoms with Crippen molar-refractivity contribution in [1.82, 2.24) is 4.98 Å². The van der Waals surface area contributed by atoms with E-state index in [4.69, 9.17) is 0 Å². The van der Waals surface area contributed by atoms with Crippen LogP contribution in [0, 0.1) is 18.6 Å². The Bertz CT molecular complexity index is 1050. The maximum Gasteiger partial charge on any atom is 0.192 e. The van der Waals surface area contributed by atoms with Crippen LogP contribution in [0.15, 0.2) is 57.3 Å². The van der Waals surface area contributed by atoms with Crippen LogP contribution < -0.4 is 0 Å². The molecular weight excluding hydrogens is 352 g/mol. The van der Waals surface area contributed by atoms with Gasteiger partial charge in [-0.2, -0.15) is 0 Å². The molecule has 0 unspecified atom stereocenters. The van der Waals surface area contributed by atoms with Crippen molar-refractivity contribution < 1.29 is 17.2 Å². The van der Waals surface area contributed by atoms with E-state index in [1.165, 1.54) is 18.2 Å². The molecule has 0 amide bonds. The molecule has 124 valence electrons. The average molecular weight is 365 g/mol. The molecule has 0 fully saturated rings. The fourth-order valence-electron chi connectivity index (χ4n) is 2.28. The van der Waals surface area contributed by atoms with Crippen molar-refractivity contribution in [2.75, 3.05) is 6.26 Å². The van der Waals surface area contributed by atoms with Gasteiger partial charge in [-0.05, 0) is 42.8 Å². The van der Waals surface area contributed by atoms with Gasteiger partial charge < -0.3 is 0 Å². The number of nitrogens with zero attached hydrogens (tertiary/aromatic N) is 1. The molecule has 3 rings (SSSR count). The summed E-state index contributed by atoms with van der Waals surface area (Å²) in [6, 6.07) is 10.0. The first-order valence-electron chi connectivity index (χ1n) is 6.99. The van der Waals surface area contributed by atoms with E-state index in [9.17, 15) is 17.2 Å². The first-order valence-corrected chi connectivity index (χ1v) is 9.70. The quantitative estimate of drug-likeness (QED) is 0.691. The molecule has 3 nitrogen and oxygen atoms in total. The van der Waals surface area contributed by atoms with Gasteiger partial charge in [-0.15, -0.1) is 0 Å². The Balaban J connectivity index is 2.15. The van der Waals surface area contributed by atoms with E-state index < -0.39 is 21.5 Å². The lowest BCUT2D eigenvalue weighted by Gasteiger charge is -2.11. The minimum absolute atomic E-state index is 0.0113. The van der Waals surface area contributed by atoms with Gasteiger partial charge in [0.25, 0.3) is 0 Å². The molecule has 0 saturated heterocycles. The van der Waals surface area contributed by atoms with E-state index in [-0.39, 0.29) is 5.03 Å². The largest absolute Gasteiger partial charge is 0.236 e. The van der Waals surface area contributed by atoms with Gasteiger partial charge in [0, 0.05) is 27.5 Å². The van der Waals surface area contributed by atoms with E-state index in [0.717, 1.165) is 39.9 Å². The Morgan fingerprint density at radius 3 is 2.46 bits per heavy atom. The molecule has 0 N–H and O–H groups in total. The van der Waals surface area contributed by atoms with Gasteiger partial charge in [-0.3, -0.25) is 0 Å². The SMILES string of the molecule is Cc1ccc2nc(S(C)(=O)=O)ccc2c1Sc1ccc(F)cc1F. The Hall–Kier alpha value is -1.99. The van der Waals surface area contributed by atoms with E-state index >= 15 is 0 Å². The smallest absolute Gasteiger partial charge is 0.192 e. The Morgan fingerprint density at radius 2 is 1.79 bits per heavy atom. The van der Waals surface area contributed by atoms with Crippen LogP contribution in [0.3, 0.4) is 0 Å². The second kappa shape index (κ2) is 6.14. The highest BCUT2D eigenvalue weighted by Gasteiger charge is 2.14. The summed E-state index contributed by atoms with van der Waals surface area (Å²) in [5.41, 5.74) is 1.40. The monoisotopic (exact) mass is 365 g/mol. The van der Waals surface area contributed by atoms with E-state index in [0.29, 0.717) is 10.4 Å². The Labute approximate surface area is 142 Å². The second-order valence-electron chi connectivity index (χ2n) is 5.38. The van der Waals surface area contributed by atoms with Crippen LogP contribution in [0.1, 0.15) is 5.56 Å². The summed E-state index contributed by atoms with van der Waals surface area (Å²) < 4.78 is 50.3. The zero-order valence-corrected chi connectivity index (χ0v) is 14.5. The molecule has 2 aromatic carbocycles. The van der Waals surface area contributed by atoms with Crippen LogP contribution >= 0.6 is 11.8 Å². The molecule has 1 aromatic heterocycles. The van der Waals surface area contributed by atoms with Crippen molar-refractivity contribution in [3.63, 3.8) is 0 Å². The molecule has 0 saturated carbocycles. The molecule has 0 spiro atoms. The van der Waals surface area contributed by atoms with E-state index in [1.54, 1.807) is 18.2 Å². The number of benzene rings is 2. The lowest BCUT2D eigenvalue weighted by molar-refractivity contribution is 0.565. The summed E-state index contributed by atoms with van der Waals surface area (Å²) in [6.45, 7) is 1.87. The number of sulfone groups is 1. The summed E-state index contributed by atoms with van der Waals surface area (Å²) in [5, 5.41) is 0.707. The van der Waals surface area contributed by atoms with Gasteiger partial charge in [-0.25, -0.2) is 22.2 Å². The molecule has 0 bridgehead atoms. The molecule has 0 aliphatic rings. The number of fused-ring (bicyclic) bond motifs is 1. The molecule has 0 radical (unpaired) electrons. The predicted octanol–water partition coefficient (Wildman–Crippen LogP) is 4.38. The minimum atomic E-state index is -3.41. The average Bonchev–Trinajstić information content (AvgIpc) is 2.51. The topological polar surface area (TPSA) is 47.0 Å². The van der Waals surface area contributed by atoms with Gasteiger partial charge in [0.15, 0.2) is 14.9 Å². The fraction of sp³-hybridized carbons (Fsp3) is 0.118. The van der Waals surface area contributed by atoms with Crippen LogP contribution in [0.25, 0.3) is 10.9 Å². The van der Waals surface area contributed by atoms with Gasteiger partial charge in [0.1, 0.15) is 11.6 Å². The van der Waals surface area contributed by atoms with Crippen LogP contribution in [-0.4, -0.2) is 19.7 Å². The van der Waals surface area contributed by atoms with Crippen molar-refractivity contribution in [3.8, 4) is 0 Å². The Morgan fingerprint density at radius 1 is 1.04 bits per heavy atom. The summed E-state index contributed by atoms with van der Waals surface area (Å²) in [6.07, 6.45) is 1.10. The lowest BCUT2D eigenvalue weighted by atomic mass is 10.1. The standard InChI is InChI=1S/C17H13F2NO2S2/c1-10-3-6-14-12(5-8-16(20-14)24(2,21)22)17(10)23-15-7-4-11(18)9-13(15)19/h3-9H,1-2H3. The number of rotatable bonds is 3. The number of aromatic nitrogens is 1. The molecular formula is C17H13F2NO2S2. The van der Waals surface area contributed by atoms with Gasteiger partial charge >= 0.3 is 0 Å². The summed E-state index contributed by atoms with van der Waals surface area (Å²) in [7, 11) is -3.41. The molecule has 24 heavy (non-hydrogen) atoms. The van der Waals surface area contributed by atoms with Crippen LogP contribution in [0.4, 0.5) is 8.78 Å². The minimum Gasteiger partial charge on any atom is -0.236 e. The third-order valence-corrected chi connectivity index (χ3v) is 5.76. The zero-order chi connectivity index (χ0) is 17.5. The maximum absolute atomic E-state index is 13.9. The van der Waals surface area contributed by atoms with Crippen molar-refractivity contribution in [3.05, 3.63) is 59.7 Å². The number of hydrogen-bond acceptors (Lipinski definition) is 4. The molecule has 0 atom stereocenters. The van der Waals surface area contributed by atoms with Gasteiger partial charge in [0.05, 0.1) is 5.52 Å². The molecule has 0 aliphatic carbocycles. The lowest BCUT2D eigenvalue weighted by Crippen LogP contribution is -2.00. The first kappa shape index (κ1) is 16.9. The van der Waals surface area contributed by atoms with Crippen molar-refractivity contribution in [2.24, 2.45) is 0 Å². The maximum atomic E-state index is 13.9. The zero-order valence-electron chi connectivity index (χ0n) is 12.9. The number of halogens is 2. The molecule has 7 heteroatoms. The molecule has 1 heterocycles. The fourth-order valence-corrected chi connectivity index (χ4v) is 3.88. The van der Waals surface area contributed by atoms with Crippen LogP contribution in [-0.2, 0) is 9.84 Å². The predicted molar refractivity (Wildman–Crippen MR) is 90.1 cm³/mol. The number of aryl methyl sites for hydroxylation is 1. The van der Waals surface area contributed by atoms with E-state index in [1.807, 2.05) is 6.92 Å². The second-order valence-corrected chi connectivity index (χ2v) is 8.39. The van der Waals surface area contributed by atoms with E-state index in [2.05, 4.69) is 4.98 Å². The number of pyridine rings is 1. The summed E-state index contributed by atoms with van der Waals surface area (Å²) in [4.78, 5) is 5.22. The summed E-state index contributed by atoms with van der Waals surface area (Å²) in [5.74, 6) is -1.27. The Kier molecular flexibility index (Phi) is 4.31. The van der Waals surface area contributed by atoms with Gasteiger partial charge in [0.2, 0.25) is 0 Å². The van der Waals surface area contributed by atoms with Gasteiger partial charge in [-0.1, -0.05) is 17.8 Å². The van der Waals surface area contributed by atoms with Crippen molar-refractivity contribution >= 4 is 32.5 Å².